The van der Waals surface area contributed by atoms with Crippen molar-refractivity contribution in [3.63, 3.8) is 0 Å². The van der Waals surface area contributed by atoms with Gasteiger partial charge in [-0.25, -0.2) is 13.2 Å². The molecule has 38 heavy (non-hydrogen) atoms. The van der Waals surface area contributed by atoms with Gasteiger partial charge in [0.1, 0.15) is 5.82 Å². The van der Waals surface area contributed by atoms with E-state index < -0.39 is 42.4 Å². The molecule has 3 fully saturated rings. The first kappa shape index (κ1) is 26.5. The molecule has 1 aliphatic carbocycles. The molecule has 2 unspecified atom stereocenters. The van der Waals surface area contributed by atoms with E-state index in [9.17, 15) is 27.6 Å². The maximum atomic E-state index is 13.9. The van der Waals surface area contributed by atoms with Crippen LogP contribution in [-0.2, 0) is 4.79 Å². The number of rotatable bonds is 7. The molecule has 2 amide bonds. The van der Waals surface area contributed by atoms with Crippen molar-refractivity contribution in [2.45, 2.75) is 45.1 Å². The van der Waals surface area contributed by atoms with E-state index in [1.165, 1.54) is 18.2 Å². The van der Waals surface area contributed by atoms with Crippen LogP contribution in [0.3, 0.4) is 0 Å². The molecule has 0 spiro atoms. The van der Waals surface area contributed by atoms with E-state index in [-0.39, 0.29) is 11.5 Å². The van der Waals surface area contributed by atoms with Crippen LogP contribution in [0.25, 0.3) is 0 Å². The Labute approximate surface area is 219 Å². The summed E-state index contributed by atoms with van der Waals surface area (Å²) in [5, 5.41) is 2.89. The van der Waals surface area contributed by atoms with Crippen LogP contribution in [0, 0.1) is 37.4 Å². The lowest BCUT2D eigenvalue weighted by Crippen LogP contribution is -2.46. The number of nitrogens with zero attached hydrogens (tertiary/aromatic N) is 2. The quantitative estimate of drug-likeness (QED) is 0.575. The number of aryl methyl sites for hydroxylation is 2. The standard InChI is InChI=1S/C28H33F3N4O3/c1-16-8-24(36)32-17(2)25(16)27(38)35-14-20-12-34(13-21(20)15-35)7-6-23(18-4-3-5-22(29)9-18)33-26(37)19-10-28(30,31)11-19/h3-5,8-9,19-21,23H,6-7,10-15H2,1-2H3,(H,32,36)(H,33,37)/t20?,21?,23-/m0/s1. The van der Waals surface area contributed by atoms with Gasteiger partial charge >= 0.3 is 0 Å². The molecule has 2 aromatic rings. The number of carbonyl (C=O) groups is 2. The van der Waals surface area contributed by atoms with Gasteiger partial charge in [-0.1, -0.05) is 12.1 Å². The number of halogens is 3. The van der Waals surface area contributed by atoms with E-state index in [0.717, 1.165) is 13.1 Å². The molecule has 1 aromatic heterocycles. The highest BCUT2D eigenvalue weighted by atomic mass is 19.3. The van der Waals surface area contributed by atoms with Crippen LogP contribution in [0.5, 0.6) is 0 Å². The zero-order valence-corrected chi connectivity index (χ0v) is 21.6. The Hall–Kier alpha value is -3.14. The lowest BCUT2D eigenvalue weighted by Gasteiger charge is -2.35. The SMILES string of the molecule is Cc1cc(=O)[nH]c(C)c1C(=O)N1CC2CN(CC[C@H](NC(=O)C3CC(F)(F)C3)c3cccc(F)c3)CC2C1. The van der Waals surface area contributed by atoms with Gasteiger partial charge in [-0.2, -0.15) is 0 Å². The summed E-state index contributed by atoms with van der Waals surface area (Å²) in [5.74, 6) is -3.74. The summed E-state index contributed by atoms with van der Waals surface area (Å²) in [4.78, 5) is 44.4. The number of aromatic nitrogens is 1. The molecular weight excluding hydrogens is 497 g/mol. The summed E-state index contributed by atoms with van der Waals surface area (Å²) in [6, 6.07) is 7.01. The first-order valence-electron chi connectivity index (χ1n) is 13.1. The fourth-order valence-corrected chi connectivity index (χ4v) is 6.27. The summed E-state index contributed by atoms with van der Waals surface area (Å²) in [5.41, 5.74) is 2.20. The van der Waals surface area contributed by atoms with Gasteiger partial charge in [0.05, 0.1) is 11.6 Å². The summed E-state index contributed by atoms with van der Waals surface area (Å²) < 4.78 is 40.5. The zero-order valence-electron chi connectivity index (χ0n) is 21.6. The molecule has 0 bridgehead atoms. The Morgan fingerprint density at radius 3 is 2.39 bits per heavy atom. The van der Waals surface area contributed by atoms with Crippen LogP contribution in [0.4, 0.5) is 13.2 Å². The second kappa shape index (κ2) is 10.2. The highest BCUT2D eigenvalue weighted by Gasteiger charge is 2.49. The van der Waals surface area contributed by atoms with Crippen LogP contribution < -0.4 is 10.9 Å². The van der Waals surface area contributed by atoms with Gasteiger partial charge in [-0.15, -0.1) is 0 Å². The second-order valence-electron chi connectivity index (χ2n) is 11.2. The maximum absolute atomic E-state index is 13.9. The van der Waals surface area contributed by atoms with Gasteiger partial charge in [-0.3, -0.25) is 14.4 Å². The number of fused-ring (bicyclic) bond motifs is 1. The summed E-state index contributed by atoms with van der Waals surface area (Å²) >= 11 is 0. The first-order valence-corrected chi connectivity index (χ1v) is 13.1. The lowest BCUT2D eigenvalue weighted by molar-refractivity contribution is -0.150. The highest BCUT2D eigenvalue weighted by Crippen LogP contribution is 2.42. The molecule has 2 saturated heterocycles. The van der Waals surface area contributed by atoms with Crippen molar-refractivity contribution in [2.75, 3.05) is 32.7 Å². The number of amides is 2. The minimum Gasteiger partial charge on any atom is -0.349 e. The molecule has 1 saturated carbocycles. The zero-order chi connectivity index (χ0) is 27.2. The molecule has 5 rings (SSSR count). The number of alkyl halides is 2. The molecule has 3 aliphatic rings. The third kappa shape index (κ3) is 5.50. The van der Waals surface area contributed by atoms with Crippen molar-refractivity contribution in [3.8, 4) is 0 Å². The average Bonchev–Trinajstić information content (AvgIpc) is 3.38. The van der Waals surface area contributed by atoms with E-state index in [0.29, 0.717) is 60.3 Å². The minimum atomic E-state index is -2.78. The van der Waals surface area contributed by atoms with E-state index in [4.69, 9.17) is 0 Å². The van der Waals surface area contributed by atoms with Gasteiger partial charge < -0.3 is 20.1 Å². The molecule has 10 heteroatoms. The predicted octanol–water partition coefficient (Wildman–Crippen LogP) is 3.43. The van der Waals surface area contributed by atoms with Crippen molar-refractivity contribution < 1.29 is 22.8 Å². The van der Waals surface area contributed by atoms with Crippen molar-refractivity contribution in [1.82, 2.24) is 20.1 Å². The second-order valence-corrected chi connectivity index (χ2v) is 11.2. The number of benzene rings is 1. The molecule has 3 atom stereocenters. The average molecular weight is 531 g/mol. The van der Waals surface area contributed by atoms with Gasteiger partial charge in [0.2, 0.25) is 17.4 Å². The van der Waals surface area contributed by atoms with E-state index >= 15 is 0 Å². The van der Waals surface area contributed by atoms with Gasteiger partial charge in [0.15, 0.2) is 0 Å². The van der Waals surface area contributed by atoms with Gasteiger partial charge in [-0.05, 0) is 55.4 Å². The number of nitrogens with one attached hydrogen (secondary N) is 2. The Kier molecular flexibility index (Phi) is 7.11. The molecule has 7 nitrogen and oxygen atoms in total. The van der Waals surface area contributed by atoms with Crippen molar-refractivity contribution in [3.05, 3.63) is 68.9 Å². The molecule has 2 aliphatic heterocycles. The summed E-state index contributed by atoms with van der Waals surface area (Å²) in [6.07, 6.45) is -0.370. The number of hydrogen-bond donors (Lipinski definition) is 2. The van der Waals surface area contributed by atoms with Crippen LogP contribution >= 0.6 is 0 Å². The van der Waals surface area contributed by atoms with Crippen molar-refractivity contribution in [2.24, 2.45) is 17.8 Å². The Morgan fingerprint density at radius 2 is 1.79 bits per heavy atom. The Balaban J connectivity index is 1.18. The third-order valence-corrected chi connectivity index (χ3v) is 8.25. The fraction of sp³-hybridized carbons (Fsp3) is 0.536. The van der Waals surface area contributed by atoms with Crippen LogP contribution in [0.15, 0.2) is 35.1 Å². The number of pyridine rings is 1. The van der Waals surface area contributed by atoms with Crippen LogP contribution in [0.2, 0.25) is 0 Å². The number of likely N-dealkylation sites (tertiary alicyclic amines) is 2. The monoisotopic (exact) mass is 530 g/mol. The van der Waals surface area contributed by atoms with Gasteiger partial charge in [0, 0.05) is 63.2 Å². The topological polar surface area (TPSA) is 85.5 Å². The smallest absolute Gasteiger partial charge is 0.255 e. The number of carbonyl (C=O) groups excluding carboxylic acids is 2. The van der Waals surface area contributed by atoms with Crippen LogP contribution in [0.1, 0.15) is 52.5 Å². The molecule has 2 N–H and O–H groups in total. The Bertz CT molecular complexity index is 1250. The summed E-state index contributed by atoms with van der Waals surface area (Å²) in [7, 11) is 0. The van der Waals surface area contributed by atoms with E-state index in [2.05, 4.69) is 15.2 Å². The van der Waals surface area contributed by atoms with Crippen LogP contribution in [-0.4, -0.2) is 65.2 Å². The Morgan fingerprint density at radius 1 is 1.11 bits per heavy atom. The third-order valence-electron chi connectivity index (χ3n) is 8.25. The molecule has 3 heterocycles. The fourth-order valence-electron chi connectivity index (χ4n) is 6.27. The predicted molar refractivity (Wildman–Crippen MR) is 135 cm³/mol. The maximum Gasteiger partial charge on any atom is 0.255 e. The molecule has 204 valence electrons. The van der Waals surface area contributed by atoms with Gasteiger partial charge in [0.25, 0.3) is 5.91 Å². The normalized spacial score (nSPS) is 23.7. The largest absolute Gasteiger partial charge is 0.349 e. The minimum absolute atomic E-state index is 0.0624. The number of hydrogen-bond acceptors (Lipinski definition) is 4. The number of aromatic amines is 1. The first-order chi connectivity index (χ1) is 18.0. The summed E-state index contributed by atoms with van der Waals surface area (Å²) in [6.45, 7) is 7.05. The lowest BCUT2D eigenvalue weighted by atomic mass is 9.80. The van der Waals surface area contributed by atoms with Crippen molar-refractivity contribution >= 4 is 11.8 Å². The van der Waals surface area contributed by atoms with E-state index in [1.54, 1.807) is 26.0 Å². The highest BCUT2D eigenvalue weighted by molar-refractivity contribution is 5.96. The molecule has 1 aromatic carbocycles. The van der Waals surface area contributed by atoms with E-state index in [1.807, 2.05) is 4.90 Å². The molecular formula is C28H33F3N4O3. The molecule has 0 radical (unpaired) electrons. The van der Waals surface area contributed by atoms with Crippen molar-refractivity contribution in [1.29, 1.82) is 0 Å². The number of H-pyrrole nitrogens is 1.